The van der Waals surface area contributed by atoms with Gasteiger partial charge in [-0.25, -0.2) is 4.98 Å². The number of hydrogen-bond donors (Lipinski definition) is 3. The number of benzene rings is 1. The van der Waals surface area contributed by atoms with Crippen molar-refractivity contribution in [1.82, 2.24) is 15.3 Å². The molecule has 7 heteroatoms. The lowest BCUT2D eigenvalue weighted by atomic mass is 10.2. The number of nitrogens with zero attached hydrogens (tertiary/aromatic N) is 3. The molecule has 0 amide bonds. The van der Waals surface area contributed by atoms with E-state index in [2.05, 4.69) is 63.3 Å². The van der Waals surface area contributed by atoms with E-state index in [-0.39, 0.29) is 0 Å². The Morgan fingerprint density at radius 1 is 1.26 bits per heavy atom. The van der Waals surface area contributed by atoms with E-state index < -0.39 is 0 Å². The molecule has 1 aromatic carbocycles. The van der Waals surface area contributed by atoms with Gasteiger partial charge in [0.05, 0.1) is 6.33 Å². The molecule has 1 heterocycles. The Morgan fingerprint density at radius 2 is 2.04 bits per heavy atom. The third kappa shape index (κ3) is 7.95. The summed E-state index contributed by atoms with van der Waals surface area (Å²) in [5.41, 5.74) is 9.70. The molecule has 27 heavy (non-hydrogen) atoms. The van der Waals surface area contributed by atoms with Crippen LogP contribution in [0.3, 0.4) is 0 Å². The number of thioether (sulfide) groups is 1. The van der Waals surface area contributed by atoms with Crippen molar-refractivity contribution >= 4 is 23.4 Å². The van der Waals surface area contributed by atoms with Gasteiger partial charge in [-0.3, -0.25) is 4.99 Å². The summed E-state index contributed by atoms with van der Waals surface area (Å²) < 4.78 is 0. The average molecular weight is 389 g/mol. The monoisotopic (exact) mass is 388 g/mol. The first-order valence-corrected chi connectivity index (χ1v) is 10.8. The van der Waals surface area contributed by atoms with Gasteiger partial charge < -0.3 is 20.9 Å². The average Bonchev–Trinajstić information content (AvgIpc) is 3.20. The zero-order chi connectivity index (χ0) is 19.3. The molecule has 6 nitrogen and oxygen atoms in total. The van der Waals surface area contributed by atoms with E-state index in [1.165, 1.54) is 11.3 Å². The molecule has 0 aliphatic heterocycles. The minimum Gasteiger partial charge on any atom is -0.372 e. The van der Waals surface area contributed by atoms with Gasteiger partial charge in [-0.2, -0.15) is 11.8 Å². The number of H-pyrrole nitrogens is 1. The van der Waals surface area contributed by atoms with E-state index in [9.17, 15) is 0 Å². The Labute approximate surface area is 167 Å². The molecule has 0 bridgehead atoms. The number of aryl methyl sites for hydroxylation is 1. The molecule has 0 saturated heterocycles. The molecule has 0 saturated carbocycles. The number of aliphatic imine (C=N–C) groups is 1. The second kappa shape index (κ2) is 12.3. The summed E-state index contributed by atoms with van der Waals surface area (Å²) >= 11 is 1.90. The van der Waals surface area contributed by atoms with E-state index in [1.807, 2.05) is 18.0 Å². The molecule has 0 radical (unpaired) electrons. The maximum atomic E-state index is 5.90. The smallest absolute Gasteiger partial charge is 0.188 e. The second-order valence-corrected chi connectivity index (χ2v) is 7.37. The number of nitrogens with two attached hydrogens (primary N) is 1. The molecule has 0 atom stereocenters. The Hall–Kier alpha value is -2.15. The van der Waals surface area contributed by atoms with Crippen LogP contribution in [0.1, 0.15) is 31.5 Å². The van der Waals surface area contributed by atoms with Crippen LogP contribution in [0, 0.1) is 0 Å². The minimum absolute atomic E-state index is 0.531. The fourth-order valence-corrected chi connectivity index (χ4v) is 3.60. The van der Waals surface area contributed by atoms with Crippen LogP contribution in [0.2, 0.25) is 0 Å². The van der Waals surface area contributed by atoms with Crippen molar-refractivity contribution in [2.24, 2.45) is 10.7 Å². The van der Waals surface area contributed by atoms with E-state index >= 15 is 0 Å². The predicted molar refractivity (Wildman–Crippen MR) is 118 cm³/mol. The third-order valence-corrected chi connectivity index (χ3v) is 5.36. The number of imidazole rings is 1. The molecule has 148 valence electrons. The molecule has 0 aliphatic carbocycles. The number of aromatic nitrogens is 2. The lowest BCUT2D eigenvalue weighted by Crippen LogP contribution is -2.33. The Kier molecular flexibility index (Phi) is 9.62. The minimum atomic E-state index is 0.531. The van der Waals surface area contributed by atoms with Gasteiger partial charge in [0.15, 0.2) is 5.96 Å². The predicted octanol–water partition coefficient (Wildman–Crippen LogP) is 3.03. The van der Waals surface area contributed by atoms with Gasteiger partial charge >= 0.3 is 0 Å². The first-order chi connectivity index (χ1) is 13.2. The summed E-state index contributed by atoms with van der Waals surface area (Å²) in [6.07, 6.45) is 5.45. The molecule has 0 aliphatic rings. The zero-order valence-electron chi connectivity index (χ0n) is 16.4. The number of aromatic amines is 1. The van der Waals surface area contributed by atoms with Gasteiger partial charge in [-0.05, 0) is 44.4 Å². The second-order valence-electron chi connectivity index (χ2n) is 6.27. The largest absolute Gasteiger partial charge is 0.372 e. The molecular weight excluding hydrogens is 356 g/mol. The fourth-order valence-electron chi connectivity index (χ4n) is 2.78. The number of anilines is 1. The SMILES string of the molecule is CCN(CC)c1ccc(CSCCNC(N)=NCCCc2cnc[nH]2)cc1. The fraction of sp³-hybridized carbons (Fsp3) is 0.500. The van der Waals surface area contributed by atoms with Crippen molar-refractivity contribution in [2.45, 2.75) is 32.4 Å². The maximum absolute atomic E-state index is 5.90. The summed E-state index contributed by atoms with van der Waals surface area (Å²) in [4.78, 5) is 13.8. The maximum Gasteiger partial charge on any atom is 0.188 e. The van der Waals surface area contributed by atoms with Gasteiger partial charge in [-0.15, -0.1) is 0 Å². The first-order valence-electron chi connectivity index (χ1n) is 9.65. The van der Waals surface area contributed by atoms with Crippen molar-refractivity contribution < 1.29 is 0 Å². The molecular formula is C20H32N6S. The lowest BCUT2D eigenvalue weighted by molar-refractivity contribution is 0.806. The van der Waals surface area contributed by atoms with Gasteiger partial charge in [0, 0.05) is 55.3 Å². The standard InChI is InChI=1S/C20H32N6S/c1-3-26(4-2)19-9-7-17(8-10-19)15-27-13-12-24-20(21)23-11-5-6-18-14-22-16-25-18/h7-10,14,16H,3-6,11-13,15H2,1-2H3,(H,22,25)(H3,21,23,24). The van der Waals surface area contributed by atoms with E-state index in [0.29, 0.717) is 5.96 Å². The van der Waals surface area contributed by atoms with Crippen LogP contribution >= 0.6 is 11.8 Å². The van der Waals surface area contributed by atoms with Crippen molar-refractivity contribution in [1.29, 1.82) is 0 Å². The van der Waals surface area contributed by atoms with Crippen molar-refractivity contribution in [3.8, 4) is 0 Å². The van der Waals surface area contributed by atoms with Crippen LogP contribution in [0.15, 0.2) is 41.8 Å². The molecule has 2 rings (SSSR count). The van der Waals surface area contributed by atoms with E-state index in [1.54, 1.807) is 6.33 Å². The molecule has 4 N–H and O–H groups in total. The summed E-state index contributed by atoms with van der Waals surface area (Å²) in [7, 11) is 0. The van der Waals surface area contributed by atoms with Crippen LogP contribution in [-0.4, -0.2) is 47.9 Å². The van der Waals surface area contributed by atoms with Crippen LogP contribution in [0.5, 0.6) is 0 Å². The van der Waals surface area contributed by atoms with Gasteiger partial charge in [0.25, 0.3) is 0 Å². The van der Waals surface area contributed by atoms with Crippen LogP contribution in [0.4, 0.5) is 5.69 Å². The van der Waals surface area contributed by atoms with Gasteiger partial charge in [-0.1, -0.05) is 12.1 Å². The summed E-state index contributed by atoms with van der Waals surface area (Å²) in [5.74, 6) is 2.55. The number of nitrogens with one attached hydrogen (secondary N) is 2. The van der Waals surface area contributed by atoms with Crippen molar-refractivity contribution in [3.05, 3.63) is 48.0 Å². The van der Waals surface area contributed by atoms with Crippen LogP contribution < -0.4 is 16.0 Å². The molecule has 0 fully saturated rings. The Balaban J connectivity index is 1.56. The summed E-state index contributed by atoms with van der Waals surface area (Å²) in [5, 5.41) is 3.18. The summed E-state index contributed by atoms with van der Waals surface area (Å²) in [6, 6.07) is 8.89. The first kappa shape index (κ1) is 21.2. The highest BCUT2D eigenvalue weighted by Gasteiger charge is 2.01. The number of guanidine groups is 1. The zero-order valence-corrected chi connectivity index (χ0v) is 17.3. The van der Waals surface area contributed by atoms with Gasteiger partial charge in [0.1, 0.15) is 0 Å². The van der Waals surface area contributed by atoms with Crippen molar-refractivity contribution in [3.63, 3.8) is 0 Å². The van der Waals surface area contributed by atoms with Gasteiger partial charge in [0.2, 0.25) is 0 Å². The molecule has 2 aromatic rings. The number of rotatable bonds is 12. The quantitative estimate of drug-likeness (QED) is 0.296. The number of hydrogen-bond acceptors (Lipinski definition) is 4. The highest BCUT2D eigenvalue weighted by atomic mass is 32.2. The molecule has 0 spiro atoms. The Morgan fingerprint density at radius 3 is 2.70 bits per heavy atom. The third-order valence-electron chi connectivity index (χ3n) is 4.33. The Bertz CT molecular complexity index is 650. The van der Waals surface area contributed by atoms with E-state index in [4.69, 9.17) is 5.73 Å². The lowest BCUT2D eigenvalue weighted by Gasteiger charge is -2.21. The topological polar surface area (TPSA) is 82.3 Å². The highest BCUT2D eigenvalue weighted by molar-refractivity contribution is 7.98. The summed E-state index contributed by atoms with van der Waals surface area (Å²) in [6.45, 7) is 8.02. The van der Waals surface area contributed by atoms with Crippen LogP contribution in [0.25, 0.3) is 0 Å². The van der Waals surface area contributed by atoms with E-state index in [0.717, 1.165) is 56.2 Å². The highest BCUT2D eigenvalue weighted by Crippen LogP contribution is 2.18. The van der Waals surface area contributed by atoms with Crippen LogP contribution in [-0.2, 0) is 12.2 Å². The van der Waals surface area contributed by atoms with Crippen molar-refractivity contribution in [2.75, 3.05) is 36.8 Å². The molecule has 0 unspecified atom stereocenters. The molecule has 1 aromatic heterocycles. The normalized spacial score (nSPS) is 11.6.